The van der Waals surface area contributed by atoms with Gasteiger partial charge in [0, 0.05) is 12.8 Å². The molecule has 0 spiro atoms. The summed E-state index contributed by atoms with van der Waals surface area (Å²) in [5.74, 6) is 0.720. The molecule has 0 bridgehead atoms. The number of likely N-dealkylation sites (tertiary alicyclic amines) is 1. The summed E-state index contributed by atoms with van der Waals surface area (Å²) < 4.78 is 12.0. The van der Waals surface area contributed by atoms with E-state index in [0.717, 1.165) is 32.1 Å². The van der Waals surface area contributed by atoms with E-state index in [2.05, 4.69) is 4.98 Å². The van der Waals surface area contributed by atoms with E-state index in [-0.39, 0.29) is 30.6 Å². The first kappa shape index (κ1) is 15.8. The van der Waals surface area contributed by atoms with E-state index in [1.165, 1.54) is 0 Å². The predicted octanol–water partition coefficient (Wildman–Crippen LogP) is 1.52. The van der Waals surface area contributed by atoms with Gasteiger partial charge in [-0.05, 0) is 44.2 Å². The van der Waals surface area contributed by atoms with E-state index in [1.807, 2.05) is 17.0 Å². The number of nitrogens with zero attached hydrogens (tertiary/aromatic N) is 2. The van der Waals surface area contributed by atoms with Crippen LogP contribution >= 0.6 is 0 Å². The third-order valence-electron chi connectivity index (χ3n) is 5.48. The smallest absolute Gasteiger partial charge is 0.225 e. The predicted molar refractivity (Wildman–Crippen MR) is 86.5 cm³/mol. The van der Waals surface area contributed by atoms with Crippen LogP contribution in [-0.4, -0.2) is 57.9 Å². The van der Waals surface area contributed by atoms with Gasteiger partial charge in [-0.2, -0.15) is 0 Å². The highest BCUT2D eigenvalue weighted by molar-refractivity contribution is 5.78. The Hall–Kier alpha value is -1.66. The minimum atomic E-state index is -0.787. The van der Waals surface area contributed by atoms with Crippen LogP contribution in [0.1, 0.15) is 38.5 Å². The number of hydrogen-bond acceptors (Lipinski definition) is 5. The van der Waals surface area contributed by atoms with E-state index in [0.29, 0.717) is 18.9 Å². The average molecular weight is 332 g/mol. The molecule has 1 aliphatic carbocycles. The second-order valence-corrected chi connectivity index (χ2v) is 7.19. The lowest BCUT2D eigenvalue weighted by Crippen LogP contribution is -2.47. The summed E-state index contributed by atoms with van der Waals surface area (Å²) >= 11 is 0. The summed E-state index contributed by atoms with van der Waals surface area (Å²) in [7, 11) is 0. The molecule has 130 valence electrons. The lowest BCUT2D eigenvalue weighted by Gasteiger charge is -2.38. The highest BCUT2D eigenvalue weighted by atomic mass is 16.5. The summed E-state index contributed by atoms with van der Waals surface area (Å²) in [6.07, 6.45) is 7.67. The van der Waals surface area contributed by atoms with Gasteiger partial charge in [-0.15, -0.1) is 0 Å². The molecular weight excluding hydrogens is 308 g/mol. The molecule has 3 heterocycles. The normalized spacial score (nSPS) is 31.2. The van der Waals surface area contributed by atoms with Gasteiger partial charge in [-0.25, -0.2) is 0 Å². The Kier molecular flexibility index (Phi) is 4.18. The van der Waals surface area contributed by atoms with Crippen molar-refractivity contribution in [1.29, 1.82) is 0 Å². The Morgan fingerprint density at radius 1 is 1.46 bits per heavy atom. The monoisotopic (exact) mass is 332 g/mol. The molecule has 2 aliphatic heterocycles. The second-order valence-electron chi connectivity index (χ2n) is 7.19. The number of fused-ring (bicyclic) bond motifs is 1. The number of ether oxygens (including phenoxy) is 2. The largest absolute Gasteiger partial charge is 0.484 e. The number of carbonyl (C=O) groups excluding carboxylic acids is 1. The fourth-order valence-electron chi connectivity index (χ4n) is 4.04. The Bertz CT molecular complexity index is 590. The molecule has 0 radical (unpaired) electrons. The summed E-state index contributed by atoms with van der Waals surface area (Å²) in [5, 5.41) is 10.3. The molecule has 0 unspecified atom stereocenters. The first-order chi connectivity index (χ1) is 11.6. The number of rotatable bonds is 4. The number of carbonyl (C=O) groups is 1. The summed E-state index contributed by atoms with van der Waals surface area (Å²) in [6.45, 7) is 1.22. The number of hydrogen-bond donors (Lipinski definition) is 1. The zero-order chi connectivity index (χ0) is 16.6. The third-order valence-corrected chi connectivity index (χ3v) is 5.48. The fraction of sp³-hybridized carbons (Fsp3) is 0.667. The van der Waals surface area contributed by atoms with Crippen LogP contribution in [0.5, 0.6) is 5.75 Å². The van der Waals surface area contributed by atoms with Crippen molar-refractivity contribution < 1.29 is 19.4 Å². The molecule has 24 heavy (non-hydrogen) atoms. The molecule has 6 heteroatoms. The van der Waals surface area contributed by atoms with Crippen LogP contribution in [0.15, 0.2) is 24.5 Å². The average Bonchev–Trinajstić information content (AvgIpc) is 2.93. The Morgan fingerprint density at radius 3 is 3.04 bits per heavy atom. The molecule has 6 nitrogen and oxygen atoms in total. The molecule has 1 saturated carbocycles. The third kappa shape index (κ3) is 3.00. The van der Waals surface area contributed by atoms with Gasteiger partial charge in [-0.3, -0.25) is 9.78 Å². The van der Waals surface area contributed by atoms with Gasteiger partial charge >= 0.3 is 0 Å². The van der Waals surface area contributed by atoms with Crippen LogP contribution in [0.4, 0.5) is 0 Å². The molecule has 1 aromatic heterocycles. The lowest BCUT2D eigenvalue weighted by atomic mass is 9.77. The maximum atomic E-state index is 12.7. The molecule has 4 rings (SSSR count). The summed E-state index contributed by atoms with van der Waals surface area (Å²) in [5.41, 5.74) is -0.787. The van der Waals surface area contributed by atoms with Crippen LogP contribution in [0.25, 0.3) is 0 Å². The standard InChI is InChI=1S/C18H24N2O4/c21-16(10-18(22)6-3-7-18)20-12-15(17-14(20)5-2-9-23-17)24-13-4-1-8-19-11-13/h1,4,8,11,14-15,17,22H,2-3,5-7,9-10,12H2/t14-,15+,17+/m1/s1. The Morgan fingerprint density at radius 2 is 2.33 bits per heavy atom. The van der Waals surface area contributed by atoms with Crippen molar-refractivity contribution in [2.75, 3.05) is 13.2 Å². The number of aromatic nitrogens is 1. The van der Waals surface area contributed by atoms with Gasteiger partial charge in [0.15, 0.2) is 0 Å². The van der Waals surface area contributed by atoms with Crippen molar-refractivity contribution in [2.24, 2.45) is 0 Å². The van der Waals surface area contributed by atoms with Crippen LogP contribution in [-0.2, 0) is 9.53 Å². The first-order valence-electron chi connectivity index (χ1n) is 8.85. The zero-order valence-corrected chi connectivity index (χ0v) is 13.8. The van der Waals surface area contributed by atoms with E-state index in [1.54, 1.807) is 12.4 Å². The van der Waals surface area contributed by atoms with E-state index < -0.39 is 5.60 Å². The Labute approximate surface area is 141 Å². The minimum Gasteiger partial charge on any atom is -0.484 e. The molecule has 2 saturated heterocycles. The molecule has 3 fully saturated rings. The van der Waals surface area contributed by atoms with E-state index >= 15 is 0 Å². The molecule has 3 atom stereocenters. The van der Waals surface area contributed by atoms with Gasteiger partial charge < -0.3 is 19.5 Å². The highest BCUT2D eigenvalue weighted by Crippen LogP contribution is 2.37. The van der Waals surface area contributed by atoms with Crippen LogP contribution in [0.3, 0.4) is 0 Å². The van der Waals surface area contributed by atoms with Crippen molar-refractivity contribution in [3.8, 4) is 5.75 Å². The summed E-state index contributed by atoms with van der Waals surface area (Å²) in [6, 6.07) is 3.75. The van der Waals surface area contributed by atoms with Crippen molar-refractivity contribution in [3.63, 3.8) is 0 Å². The lowest BCUT2D eigenvalue weighted by molar-refractivity contribution is -0.143. The first-order valence-corrected chi connectivity index (χ1v) is 8.85. The fourth-order valence-corrected chi connectivity index (χ4v) is 4.04. The molecule has 1 N–H and O–H groups in total. The zero-order valence-electron chi connectivity index (χ0n) is 13.8. The van der Waals surface area contributed by atoms with Crippen molar-refractivity contribution in [1.82, 2.24) is 9.88 Å². The number of amides is 1. The second kappa shape index (κ2) is 6.33. The Balaban J connectivity index is 1.47. The van der Waals surface area contributed by atoms with Crippen LogP contribution in [0.2, 0.25) is 0 Å². The molecule has 1 amide bonds. The van der Waals surface area contributed by atoms with Gasteiger partial charge in [0.1, 0.15) is 18.0 Å². The minimum absolute atomic E-state index is 0.0231. The highest BCUT2D eigenvalue weighted by Gasteiger charge is 2.49. The SMILES string of the molecule is O=C(CC1(O)CCC1)N1C[C@H](Oc2cccnc2)[C@H]2OCCC[C@H]21. The van der Waals surface area contributed by atoms with E-state index in [4.69, 9.17) is 9.47 Å². The number of aliphatic hydroxyl groups is 1. The molecule has 0 aromatic carbocycles. The van der Waals surface area contributed by atoms with Crippen molar-refractivity contribution in [3.05, 3.63) is 24.5 Å². The van der Waals surface area contributed by atoms with Crippen molar-refractivity contribution >= 4 is 5.91 Å². The maximum Gasteiger partial charge on any atom is 0.225 e. The van der Waals surface area contributed by atoms with Gasteiger partial charge in [0.2, 0.25) is 5.91 Å². The van der Waals surface area contributed by atoms with Crippen molar-refractivity contribution in [2.45, 2.75) is 62.4 Å². The topological polar surface area (TPSA) is 71.9 Å². The van der Waals surface area contributed by atoms with Crippen LogP contribution in [0, 0.1) is 0 Å². The van der Waals surface area contributed by atoms with Gasteiger partial charge in [0.05, 0.1) is 30.8 Å². The molecular formula is C18H24N2O4. The maximum absolute atomic E-state index is 12.7. The van der Waals surface area contributed by atoms with Gasteiger partial charge in [-0.1, -0.05) is 0 Å². The van der Waals surface area contributed by atoms with Crippen LogP contribution < -0.4 is 4.74 Å². The quantitative estimate of drug-likeness (QED) is 0.905. The van der Waals surface area contributed by atoms with Gasteiger partial charge in [0.25, 0.3) is 0 Å². The number of pyridine rings is 1. The molecule has 1 aromatic rings. The molecule has 3 aliphatic rings. The van der Waals surface area contributed by atoms with E-state index in [9.17, 15) is 9.90 Å². The summed E-state index contributed by atoms with van der Waals surface area (Å²) in [4.78, 5) is 18.7.